The number of hydrogen-bond acceptors (Lipinski definition) is 4. The first-order valence-corrected chi connectivity index (χ1v) is 10.4. The lowest BCUT2D eigenvalue weighted by Crippen LogP contribution is -2.27. The second-order valence-electron chi connectivity index (χ2n) is 7.60. The van der Waals surface area contributed by atoms with Crippen LogP contribution < -0.4 is 0 Å². The smallest absolute Gasteiger partial charge is 0.309 e. The molecule has 0 bridgehead atoms. The predicted octanol–water partition coefficient (Wildman–Crippen LogP) is 4.51. The molecule has 0 N–H and O–H groups in total. The number of carbonyl (C=O) groups is 2. The summed E-state index contributed by atoms with van der Waals surface area (Å²) in [4.78, 5) is 25.4. The van der Waals surface area contributed by atoms with E-state index in [1.165, 1.54) is 17.9 Å². The fourth-order valence-corrected chi connectivity index (χ4v) is 4.16. The molecule has 29 heavy (non-hydrogen) atoms. The van der Waals surface area contributed by atoms with Crippen molar-refractivity contribution in [1.29, 1.82) is 0 Å². The van der Waals surface area contributed by atoms with Gasteiger partial charge in [0.25, 0.3) is 5.91 Å². The standard InChI is InChI=1S/C21H23FN2O3.C2H6/c1-11-17(22)9-8-16(13-4-5-13)19(11)20(25)24-18-10-14(21(26)27-3)6-7-15(18)12(2)23-24;1-2/h8-9,13-14H,4-7,10H2,1-3H3;1-2H3. The van der Waals surface area contributed by atoms with Gasteiger partial charge in [-0.25, -0.2) is 9.07 Å². The Bertz CT molecular complexity index is 944. The third-order valence-corrected chi connectivity index (χ3v) is 5.86. The summed E-state index contributed by atoms with van der Waals surface area (Å²) >= 11 is 0. The number of nitrogens with zero attached hydrogens (tertiary/aromatic N) is 2. The normalized spacial score (nSPS) is 17.8. The SMILES string of the molecule is CC.COC(=O)C1CCc2c(C)nn(C(=O)c3c(C4CC4)ccc(F)c3C)c2C1. The number of carbonyl (C=O) groups excluding carboxylic acids is 2. The van der Waals surface area contributed by atoms with Crippen LogP contribution in [0.3, 0.4) is 0 Å². The number of benzene rings is 1. The van der Waals surface area contributed by atoms with E-state index in [-0.39, 0.29) is 23.6 Å². The molecule has 0 aliphatic heterocycles. The summed E-state index contributed by atoms with van der Waals surface area (Å²) < 4.78 is 20.5. The largest absolute Gasteiger partial charge is 0.469 e. The minimum atomic E-state index is -0.382. The highest BCUT2D eigenvalue weighted by Gasteiger charge is 2.34. The summed E-state index contributed by atoms with van der Waals surface area (Å²) in [6.07, 6.45) is 3.83. The molecule has 0 spiro atoms. The molecule has 6 heteroatoms. The van der Waals surface area contributed by atoms with Gasteiger partial charge in [0.1, 0.15) is 5.82 Å². The molecule has 0 saturated heterocycles. The van der Waals surface area contributed by atoms with E-state index in [4.69, 9.17) is 4.74 Å². The van der Waals surface area contributed by atoms with Crippen molar-refractivity contribution in [2.45, 2.75) is 65.7 Å². The first kappa shape index (κ1) is 21.2. The number of aromatic nitrogens is 2. The van der Waals surface area contributed by atoms with Crippen LogP contribution in [0, 0.1) is 25.6 Å². The Morgan fingerprint density at radius 2 is 1.86 bits per heavy atom. The molecule has 0 radical (unpaired) electrons. The molecule has 1 saturated carbocycles. The van der Waals surface area contributed by atoms with Gasteiger partial charge in [0.2, 0.25) is 0 Å². The van der Waals surface area contributed by atoms with E-state index in [2.05, 4.69) is 5.10 Å². The van der Waals surface area contributed by atoms with Gasteiger partial charge in [-0.1, -0.05) is 19.9 Å². The van der Waals surface area contributed by atoms with Gasteiger partial charge in [-0.05, 0) is 68.2 Å². The molecule has 1 atom stereocenters. The highest BCUT2D eigenvalue weighted by molar-refractivity contribution is 5.99. The number of halogens is 1. The van der Waals surface area contributed by atoms with Crippen LogP contribution in [0.1, 0.15) is 77.5 Å². The van der Waals surface area contributed by atoms with Crippen molar-refractivity contribution in [3.63, 3.8) is 0 Å². The maximum Gasteiger partial charge on any atom is 0.309 e. The lowest BCUT2D eigenvalue weighted by Gasteiger charge is -2.21. The van der Waals surface area contributed by atoms with Crippen molar-refractivity contribution >= 4 is 11.9 Å². The monoisotopic (exact) mass is 400 g/mol. The van der Waals surface area contributed by atoms with Crippen LogP contribution in [-0.2, 0) is 22.4 Å². The summed E-state index contributed by atoms with van der Waals surface area (Å²) in [5.74, 6) is -0.906. The highest BCUT2D eigenvalue weighted by atomic mass is 19.1. The topological polar surface area (TPSA) is 61.2 Å². The molecule has 1 heterocycles. The number of rotatable bonds is 3. The molecule has 156 valence electrons. The van der Waals surface area contributed by atoms with Crippen molar-refractivity contribution in [2.75, 3.05) is 7.11 Å². The van der Waals surface area contributed by atoms with Crippen LogP contribution in [0.4, 0.5) is 4.39 Å². The van der Waals surface area contributed by atoms with Gasteiger partial charge < -0.3 is 4.74 Å². The van der Waals surface area contributed by atoms with Crippen molar-refractivity contribution in [1.82, 2.24) is 9.78 Å². The summed E-state index contributed by atoms with van der Waals surface area (Å²) in [5.41, 5.74) is 4.26. The molecule has 1 aromatic carbocycles. The zero-order chi connectivity index (χ0) is 21.3. The maximum atomic E-state index is 14.2. The number of esters is 1. The molecule has 2 aliphatic carbocycles. The quantitative estimate of drug-likeness (QED) is 0.711. The van der Waals surface area contributed by atoms with E-state index in [1.54, 1.807) is 13.0 Å². The van der Waals surface area contributed by atoms with Gasteiger partial charge in [0.15, 0.2) is 0 Å². The third kappa shape index (κ3) is 3.85. The Morgan fingerprint density at radius 3 is 2.48 bits per heavy atom. The Kier molecular flexibility index (Phi) is 6.20. The zero-order valence-electron chi connectivity index (χ0n) is 17.8. The fraction of sp³-hybridized carbons (Fsp3) is 0.522. The van der Waals surface area contributed by atoms with Gasteiger partial charge in [0, 0.05) is 6.42 Å². The summed E-state index contributed by atoms with van der Waals surface area (Å²) in [6, 6.07) is 3.17. The van der Waals surface area contributed by atoms with Crippen LogP contribution in [-0.4, -0.2) is 28.8 Å². The lowest BCUT2D eigenvalue weighted by molar-refractivity contribution is -0.145. The van der Waals surface area contributed by atoms with Crippen molar-refractivity contribution < 1.29 is 18.7 Å². The Hall–Kier alpha value is -2.50. The molecule has 2 aromatic rings. The first-order valence-electron chi connectivity index (χ1n) is 10.4. The van der Waals surface area contributed by atoms with E-state index < -0.39 is 0 Å². The van der Waals surface area contributed by atoms with Crippen LogP contribution in [0.2, 0.25) is 0 Å². The summed E-state index contributed by atoms with van der Waals surface area (Å²) in [5, 5.41) is 4.47. The molecule has 1 aromatic heterocycles. The molecular weight excluding hydrogens is 371 g/mol. The number of fused-ring (bicyclic) bond motifs is 1. The van der Waals surface area contributed by atoms with Gasteiger partial charge in [-0.3, -0.25) is 9.59 Å². The highest BCUT2D eigenvalue weighted by Crippen LogP contribution is 2.43. The van der Waals surface area contributed by atoms with E-state index in [0.29, 0.717) is 36.3 Å². The predicted molar refractivity (Wildman–Crippen MR) is 109 cm³/mol. The average Bonchev–Trinajstić information content (AvgIpc) is 3.53. The minimum absolute atomic E-state index is 0.265. The molecular formula is C23H29FN2O3. The third-order valence-electron chi connectivity index (χ3n) is 5.86. The van der Waals surface area contributed by atoms with Gasteiger partial charge in [-0.15, -0.1) is 0 Å². The summed E-state index contributed by atoms with van der Waals surface area (Å²) in [6.45, 7) is 7.52. The first-order chi connectivity index (χ1) is 13.9. The summed E-state index contributed by atoms with van der Waals surface area (Å²) in [7, 11) is 1.38. The second-order valence-corrected chi connectivity index (χ2v) is 7.60. The van der Waals surface area contributed by atoms with Crippen LogP contribution in [0.5, 0.6) is 0 Å². The van der Waals surface area contributed by atoms with E-state index >= 15 is 0 Å². The number of aryl methyl sites for hydroxylation is 1. The van der Waals surface area contributed by atoms with Crippen molar-refractivity contribution in [3.8, 4) is 0 Å². The molecule has 4 rings (SSSR count). The molecule has 1 fully saturated rings. The molecule has 5 nitrogen and oxygen atoms in total. The van der Waals surface area contributed by atoms with E-state index in [1.807, 2.05) is 20.8 Å². The van der Waals surface area contributed by atoms with Crippen molar-refractivity contribution in [3.05, 3.63) is 51.6 Å². The number of methoxy groups -OCH3 is 1. The second kappa shape index (κ2) is 8.47. The number of ether oxygens (including phenoxy) is 1. The molecule has 1 unspecified atom stereocenters. The van der Waals surface area contributed by atoms with Crippen LogP contribution >= 0.6 is 0 Å². The van der Waals surface area contributed by atoms with Gasteiger partial charge in [-0.2, -0.15) is 5.10 Å². The van der Waals surface area contributed by atoms with Crippen molar-refractivity contribution in [2.24, 2.45) is 5.92 Å². The lowest BCUT2D eigenvalue weighted by atomic mass is 9.86. The Labute approximate surface area is 171 Å². The van der Waals surface area contributed by atoms with Crippen LogP contribution in [0.25, 0.3) is 0 Å². The van der Waals surface area contributed by atoms with Gasteiger partial charge in [0.05, 0.1) is 30.0 Å². The fourth-order valence-electron chi connectivity index (χ4n) is 4.16. The zero-order valence-corrected chi connectivity index (χ0v) is 17.8. The van der Waals surface area contributed by atoms with E-state index in [9.17, 15) is 14.0 Å². The minimum Gasteiger partial charge on any atom is -0.469 e. The molecule has 2 aliphatic rings. The van der Waals surface area contributed by atoms with E-state index in [0.717, 1.165) is 35.4 Å². The number of hydrogen-bond donors (Lipinski definition) is 0. The maximum absolute atomic E-state index is 14.2. The Morgan fingerprint density at radius 1 is 1.17 bits per heavy atom. The Balaban J connectivity index is 0.00000117. The van der Waals surface area contributed by atoms with Crippen LogP contribution in [0.15, 0.2) is 12.1 Å². The average molecular weight is 400 g/mol. The van der Waals surface area contributed by atoms with Gasteiger partial charge >= 0.3 is 5.97 Å². The molecule has 0 amide bonds.